The van der Waals surface area contributed by atoms with Crippen molar-refractivity contribution in [3.63, 3.8) is 0 Å². The molecule has 24 heavy (non-hydrogen) atoms. The first-order valence-electron chi connectivity index (χ1n) is 5.15. The van der Waals surface area contributed by atoms with Gasteiger partial charge in [-0.25, -0.2) is 22.6 Å². The second kappa shape index (κ2) is 5.81. The SMILES string of the molecule is FC(=Nc1c(F)c(F)c(C(F)(F)F)c(F)c1F)C(F)(F)C(F)(F)F. The van der Waals surface area contributed by atoms with Crippen LogP contribution >= 0.6 is 0 Å². The van der Waals surface area contributed by atoms with Crippen LogP contribution < -0.4 is 0 Å². The molecule has 0 spiro atoms. The van der Waals surface area contributed by atoms with Crippen LogP contribution in [0.2, 0.25) is 0 Å². The van der Waals surface area contributed by atoms with Gasteiger partial charge in [0, 0.05) is 0 Å². The lowest BCUT2D eigenvalue weighted by molar-refractivity contribution is -0.252. The fourth-order valence-electron chi connectivity index (χ4n) is 1.25. The quantitative estimate of drug-likeness (QED) is 0.367. The van der Waals surface area contributed by atoms with E-state index >= 15 is 0 Å². The van der Waals surface area contributed by atoms with Gasteiger partial charge in [0.1, 0.15) is 11.3 Å². The summed E-state index contributed by atoms with van der Waals surface area (Å²) < 4.78 is 162. The third-order valence-corrected chi connectivity index (χ3v) is 2.35. The van der Waals surface area contributed by atoms with E-state index in [2.05, 4.69) is 0 Å². The summed E-state index contributed by atoms with van der Waals surface area (Å²) in [6.45, 7) is 0. The second-order valence-corrected chi connectivity index (χ2v) is 3.95. The summed E-state index contributed by atoms with van der Waals surface area (Å²) >= 11 is 0. The van der Waals surface area contributed by atoms with E-state index < -0.39 is 58.8 Å². The predicted octanol–water partition coefficient (Wildman–Crippen LogP) is 5.46. The standard InChI is InChI=1S/C10F13N/c11-2-1(9(18,19)20)3(12)5(14)6(4(2)13)24-7(15)8(16,17)10(21,22)23. The minimum Gasteiger partial charge on any atom is -0.212 e. The molecule has 0 amide bonds. The molecule has 0 aliphatic rings. The van der Waals surface area contributed by atoms with Crippen LogP contribution in [0.15, 0.2) is 4.99 Å². The van der Waals surface area contributed by atoms with Crippen molar-refractivity contribution in [3.8, 4) is 0 Å². The zero-order valence-electron chi connectivity index (χ0n) is 10.4. The number of aliphatic imine (C=N–C) groups is 1. The maximum atomic E-state index is 13.2. The Morgan fingerprint density at radius 2 is 1.04 bits per heavy atom. The molecule has 14 heteroatoms. The molecule has 0 aromatic heterocycles. The second-order valence-electron chi connectivity index (χ2n) is 3.95. The zero-order valence-corrected chi connectivity index (χ0v) is 10.4. The molecule has 0 heterocycles. The summed E-state index contributed by atoms with van der Waals surface area (Å²) in [5.41, 5.74) is -5.90. The first kappa shape index (κ1) is 20.0. The Kier molecular flexibility index (Phi) is 4.84. The molecule has 0 bridgehead atoms. The lowest BCUT2D eigenvalue weighted by atomic mass is 10.1. The lowest BCUT2D eigenvalue weighted by Crippen LogP contribution is -2.42. The van der Waals surface area contributed by atoms with Crippen molar-refractivity contribution >= 4 is 11.7 Å². The Morgan fingerprint density at radius 3 is 1.33 bits per heavy atom. The van der Waals surface area contributed by atoms with Crippen molar-refractivity contribution < 1.29 is 57.1 Å². The highest BCUT2D eigenvalue weighted by Crippen LogP contribution is 2.41. The van der Waals surface area contributed by atoms with Crippen molar-refractivity contribution in [2.24, 2.45) is 4.99 Å². The maximum absolute atomic E-state index is 13.2. The van der Waals surface area contributed by atoms with Crippen molar-refractivity contribution in [1.29, 1.82) is 0 Å². The van der Waals surface area contributed by atoms with Crippen LogP contribution in [0.4, 0.5) is 62.8 Å². The van der Waals surface area contributed by atoms with Gasteiger partial charge < -0.3 is 0 Å². The summed E-state index contributed by atoms with van der Waals surface area (Å²) in [4.78, 5) is 1.42. The van der Waals surface area contributed by atoms with Crippen LogP contribution in [-0.4, -0.2) is 18.1 Å². The van der Waals surface area contributed by atoms with Gasteiger partial charge in [0.05, 0.1) is 0 Å². The van der Waals surface area contributed by atoms with E-state index in [4.69, 9.17) is 0 Å². The first-order chi connectivity index (χ1) is 10.5. The van der Waals surface area contributed by atoms with E-state index in [1.807, 2.05) is 0 Å². The number of hydrogen-bond acceptors (Lipinski definition) is 1. The normalized spacial score (nSPS) is 14.3. The van der Waals surface area contributed by atoms with E-state index in [0.717, 1.165) is 0 Å². The van der Waals surface area contributed by atoms with Gasteiger partial charge in [0.15, 0.2) is 23.3 Å². The Morgan fingerprint density at radius 1 is 0.667 bits per heavy atom. The van der Waals surface area contributed by atoms with Crippen LogP contribution in [0.5, 0.6) is 0 Å². The van der Waals surface area contributed by atoms with Crippen LogP contribution in [-0.2, 0) is 6.18 Å². The Hall–Kier alpha value is -2.02. The minimum absolute atomic E-state index is 1.42. The Balaban J connectivity index is 3.68. The smallest absolute Gasteiger partial charge is 0.212 e. The van der Waals surface area contributed by atoms with Crippen molar-refractivity contribution in [3.05, 3.63) is 28.8 Å². The van der Waals surface area contributed by atoms with Gasteiger partial charge >= 0.3 is 18.3 Å². The van der Waals surface area contributed by atoms with Crippen LogP contribution in [0, 0.1) is 23.3 Å². The highest BCUT2D eigenvalue weighted by Gasteiger charge is 2.62. The molecule has 0 atom stereocenters. The number of nitrogens with zero attached hydrogens (tertiary/aromatic N) is 1. The summed E-state index contributed by atoms with van der Waals surface area (Å²) in [5.74, 6) is -22.9. The summed E-state index contributed by atoms with van der Waals surface area (Å²) in [6.07, 6.45) is -12.6. The van der Waals surface area contributed by atoms with Gasteiger partial charge in [-0.05, 0) is 0 Å². The average Bonchev–Trinajstić information content (AvgIpc) is 2.38. The van der Waals surface area contributed by atoms with Crippen LogP contribution in [0.25, 0.3) is 0 Å². The molecule has 136 valence electrons. The van der Waals surface area contributed by atoms with Gasteiger partial charge in [-0.1, -0.05) is 0 Å². The van der Waals surface area contributed by atoms with Crippen LogP contribution in [0.3, 0.4) is 0 Å². The van der Waals surface area contributed by atoms with Gasteiger partial charge in [0.25, 0.3) is 5.97 Å². The molecule has 1 aromatic rings. The molecule has 1 aromatic carbocycles. The molecular weight excluding hydrogens is 381 g/mol. The van der Waals surface area contributed by atoms with Gasteiger partial charge in [-0.2, -0.15) is 39.5 Å². The van der Waals surface area contributed by atoms with E-state index in [9.17, 15) is 57.1 Å². The third-order valence-electron chi connectivity index (χ3n) is 2.35. The van der Waals surface area contributed by atoms with E-state index in [0.29, 0.717) is 0 Å². The number of benzene rings is 1. The molecule has 0 aliphatic heterocycles. The van der Waals surface area contributed by atoms with E-state index in [-0.39, 0.29) is 0 Å². The Bertz CT molecular complexity index is 652. The predicted molar refractivity (Wildman–Crippen MR) is 50.5 cm³/mol. The van der Waals surface area contributed by atoms with Crippen molar-refractivity contribution in [2.45, 2.75) is 18.3 Å². The van der Waals surface area contributed by atoms with Gasteiger partial charge in [-0.3, -0.25) is 0 Å². The van der Waals surface area contributed by atoms with E-state index in [1.54, 1.807) is 0 Å². The average molecular weight is 381 g/mol. The minimum atomic E-state index is -6.64. The summed E-state index contributed by atoms with van der Waals surface area (Å²) in [5, 5.41) is 0. The molecule has 1 rings (SSSR count). The largest absolute Gasteiger partial charge is 0.462 e. The number of rotatable bonds is 2. The summed E-state index contributed by atoms with van der Waals surface area (Å²) in [6, 6.07) is 0. The first-order valence-corrected chi connectivity index (χ1v) is 5.15. The number of hydrogen-bond donors (Lipinski definition) is 0. The van der Waals surface area contributed by atoms with Crippen molar-refractivity contribution in [2.75, 3.05) is 0 Å². The summed E-state index contributed by atoms with van der Waals surface area (Å²) in [7, 11) is 0. The maximum Gasteiger partial charge on any atom is 0.462 e. The topological polar surface area (TPSA) is 12.4 Å². The fraction of sp³-hybridized carbons (Fsp3) is 0.300. The van der Waals surface area contributed by atoms with Gasteiger partial charge in [-0.15, -0.1) is 0 Å². The Labute approximate surface area is 122 Å². The van der Waals surface area contributed by atoms with Crippen LogP contribution in [0.1, 0.15) is 5.56 Å². The monoisotopic (exact) mass is 381 g/mol. The van der Waals surface area contributed by atoms with Gasteiger partial charge in [0.2, 0.25) is 0 Å². The molecule has 0 aliphatic carbocycles. The molecule has 0 fully saturated rings. The highest BCUT2D eigenvalue weighted by molar-refractivity contribution is 5.86. The van der Waals surface area contributed by atoms with E-state index in [1.165, 1.54) is 4.99 Å². The molecule has 0 saturated heterocycles. The molecule has 0 unspecified atom stereocenters. The molecule has 0 radical (unpaired) electrons. The number of halogens is 13. The number of alkyl halides is 8. The third kappa shape index (κ3) is 3.26. The fourth-order valence-corrected chi connectivity index (χ4v) is 1.25. The molecule has 1 nitrogen and oxygen atoms in total. The van der Waals surface area contributed by atoms with Crippen molar-refractivity contribution in [1.82, 2.24) is 0 Å². The molecule has 0 saturated carbocycles. The lowest BCUT2D eigenvalue weighted by Gasteiger charge is -2.17. The highest BCUT2D eigenvalue weighted by atomic mass is 19.4. The molecular formula is C10F13N. The molecule has 0 N–H and O–H groups in total. The zero-order chi connectivity index (χ0) is 19.2.